The zero-order valence-electron chi connectivity index (χ0n) is 10.9. The first-order valence-corrected chi connectivity index (χ1v) is 6.84. The molecule has 0 aromatic heterocycles. The molecule has 1 N–H and O–H groups in total. The highest BCUT2D eigenvalue weighted by atomic mass is 15.1. The first-order valence-electron chi connectivity index (χ1n) is 6.84. The molecule has 1 fully saturated rings. The van der Waals surface area contributed by atoms with Crippen molar-refractivity contribution in [1.82, 2.24) is 10.2 Å². The molecule has 16 heavy (non-hydrogen) atoms. The van der Waals surface area contributed by atoms with Gasteiger partial charge >= 0.3 is 0 Å². The molecule has 0 bridgehead atoms. The van der Waals surface area contributed by atoms with Crippen molar-refractivity contribution in [3.05, 3.63) is 12.7 Å². The first-order chi connectivity index (χ1) is 7.86. The molecular formula is C14H28N2. The Bertz CT molecular complexity index is 178. The van der Waals surface area contributed by atoms with E-state index in [0.717, 1.165) is 5.92 Å². The van der Waals surface area contributed by atoms with Crippen molar-refractivity contribution in [2.24, 2.45) is 5.92 Å². The van der Waals surface area contributed by atoms with E-state index in [1.165, 1.54) is 64.7 Å². The maximum atomic E-state index is 3.76. The minimum atomic E-state index is 0.881. The molecule has 0 saturated carbocycles. The van der Waals surface area contributed by atoms with Gasteiger partial charge in [-0.1, -0.05) is 12.5 Å². The largest absolute Gasteiger partial charge is 0.319 e. The first kappa shape index (κ1) is 13.7. The van der Waals surface area contributed by atoms with Gasteiger partial charge in [0, 0.05) is 6.54 Å². The molecule has 1 aliphatic rings. The lowest BCUT2D eigenvalue weighted by atomic mass is 9.98. The zero-order chi connectivity index (χ0) is 11.6. The van der Waals surface area contributed by atoms with Gasteiger partial charge in [0.05, 0.1) is 0 Å². The normalized spacial score (nSPS) is 22.2. The summed E-state index contributed by atoms with van der Waals surface area (Å²) in [6.45, 7) is 8.88. The molecule has 0 aromatic carbocycles. The molecule has 1 rings (SSSR count). The van der Waals surface area contributed by atoms with E-state index in [1.807, 2.05) is 6.08 Å². The van der Waals surface area contributed by atoms with Crippen molar-refractivity contribution in [3.8, 4) is 0 Å². The summed E-state index contributed by atoms with van der Waals surface area (Å²) in [4.78, 5) is 2.65. The SMILES string of the molecule is C=CCCCCCN1CCCC(CNC)C1. The quantitative estimate of drug-likeness (QED) is 0.504. The molecule has 1 unspecified atom stereocenters. The van der Waals surface area contributed by atoms with Gasteiger partial charge in [0.2, 0.25) is 0 Å². The van der Waals surface area contributed by atoms with Crippen LogP contribution in [0.4, 0.5) is 0 Å². The van der Waals surface area contributed by atoms with E-state index in [9.17, 15) is 0 Å². The fourth-order valence-corrected chi connectivity index (χ4v) is 2.61. The summed E-state index contributed by atoms with van der Waals surface area (Å²) in [7, 11) is 2.06. The monoisotopic (exact) mass is 224 g/mol. The average molecular weight is 224 g/mol. The van der Waals surface area contributed by atoms with Crippen LogP contribution < -0.4 is 5.32 Å². The molecule has 1 saturated heterocycles. The van der Waals surface area contributed by atoms with Gasteiger partial charge in [0.25, 0.3) is 0 Å². The summed E-state index contributed by atoms with van der Waals surface area (Å²) >= 11 is 0. The molecule has 0 radical (unpaired) electrons. The van der Waals surface area contributed by atoms with Crippen LogP contribution in [-0.4, -0.2) is 38.1 Å². The van der Waals surface area contributed by atoms with Crippen LogP contribution in [-0.2, 0) is 0 Å². The second-order valence-electron chi connectivity index (χ2n) is 5.00. The number of hydrogen-bond acceptors (Lipinski definition) is 2. The Morgan fingerprint density at radius 2 is 2.25 bits per heavy atom. The second-order valence-corrected chi connectivity index (χ2v) is 5.00. The molecule has 1 heterocycles. The summed E-state index contributed by atoms with van der Waals surface area (Å²) in [5, 5.41) is 3.30. The molecule has 1 aliphatic heterocycles. The molecular weight excluding hydrogens is 196 g/mol. The third kappa shape index (κ3) is 5.66. The van der Waals surface area contributed by atoms with E-state index in [1.54, 1.807) is 0 Å². The fourth-order valence-electron chi connectivity index (χ4n) is 2.61. The van der Waals surface area contributed by atoms with Crippen LogP contribution in [0.5, 0.6) is 0 Å². The van der Waals surface area contributed by atoms with E-state index in [0.29, 0.717) is 0 Å². The van der Waals surface area contributed by atoms with E-state index in [4.69, 9.17) is 0 Å². The van der Waals surface area contributed by atoms with Crippen LogP contribution in [0.15, 0.2) is 12.7 Å². The molecule has 0 aliphatic carbocycles. The Morgan fingerprint density at radius 1 is 1.38 bits per heavy atom. The number of nitrogens with zero attached hydrogens (tertiary/aromatic N) is 1. The van der Waals surface area contributed by atoms with E-state index in [-0.39, 0.29) is 0 Å². The lowest BCUT2D eigenvalue weighted by Gasteiger charge is -2.32. The molecule has 1 atom stereocenters. The average Bonchev–Trinajstić information content (AvgIpc) is 2.30. The summed E-state index contributed by atoms with van der Waals surface area (Å²) < 4.78 is 0. The summed E-state index contributed by atoms with van der Waals surface area (Å²) in [5.41, 5.74) is 0. The topological polar surface area (TPSA) is 15.3 Å². The standard InChI is InChI=1S/C14H28N2/c1-3-4-5-6-7-10-16-11-8-9-14(13-16)12-15-2/h3,14-15H,1,4-13H2,2H3. The fraction of sp³-hybridized carbons (Fsp3) is 0.857. The van der Waals surface area contributed by atoms with E-state index < -0.39 is 0 Å². The van der Waals surface area contributed by atoms with Gasteiger partial charge in [-0.15, -0.1) is 6.58 Å². The number of hydrogen-bond donors (Lipinski definition) is 1. The predicted molar refractivity (Wildman–Crippen MR) is 71.8 cm³/mol. The van der Waals surface area contributed by atoms with Gasteiger partial charge in [-0.2, -0.15) is 0 Å². The van der Waals surface area contributed by atoms with Crippen molar-refractivity contribution in [3.63, 3.8) is 0 Å². The molecule has 0 aromatic rings. The van der Waals surface area contributed by atoms with Crippen LogP contribution in [0, 0.1) is 5.92 Å². The minimum absolute atomic E-state index is 0.881. The number of rotatable bonds is 8. The Hall–Kier alpha value is -0.340. The summed E-state index contributed by atoms with van der Waals surface area (Å²) in [5.74, 6) is 0.881. The zero-order valence-corrected chi connectivity index (χ0v) is 10.9. The summed E-state index contributed by atoms with van der Waals surface area (Å²) in [6.07, 6.45) is 10.1. The molecule has 2 nitrogen and oxygen atoms in total. The molecule has 0 amide bonds. The number of piperidine rings is 1. The highest BCUT2D eigenvalue weighted by Gasteiger charge is 2.18. The van der Waals surface area contributed by atoms with Crippen LogP contribution in [0.3, 0.4) is 0 Å². The van der Waals surface area contributed by atoms with E-state index >= 15 is 0 Å². The molecule has 2 heteroatoms. The molecule has 94 valence electrons. The van der Waals surface area contributed by atoms with Crippen molar-refractivity contribution in [1.29, 1.82) is 0 Å². The van der Waals surface area contributed by atoms with Crippen LogP contribution in [0.2, 0.25) is 0 Å². The number of allylic oxidation sites excluding steroid dienone is 1. The van der Waals surface area contributed by atoms with Crippen molar-refractivity contribution in [2.75, 3.05) is 33.2 Å². The smallest absolute Gasteiger partial charge is 0.00218 e. The molecule has 0 spiro atoms. The third-order valence-corrected chi connectivity index (χ3v) is 3.48. The minimum Gasteiger partial charge on any atom is -0.319 e. The maximum Gasteiger partial charge on any atom is 0.00218 e. The van der Waals surface area contributed by atoms with Crippen LogP contribution >= 0.6 is 0 Å². The Morgan fingerprint density at radius 3 is 3.00 bits per heavy atom. The van der Waals surface area contributed by atoms with Gasteiger partial charge < -0.3 is 10.2 Å². The lowest BCUT2D eigenvalue weighted by Crippen LogP contribution is -2.39. The van der Waals surface area contributed by atoms with Crippen LogP contribution in [0.25, 0.3) is 0 Å². The maximum absolute atomic E-state index is 3.76. The van der Waals surface area contributed by atoms with Crippen molar-refractivity contribution in [2.45, 2.75) is 38.5 Å². The number of unbranched alkanes of at least 4 members (excludes halogenated alkanes) is 3. The lowest BCUT2D eigenvalue weighted by molar-refractivity contribution is 0.171. The Balaban J connectivity index is 2.04. The van der Waals surface area contributed by atoms with Gasteiger partial charge in [-0.25, -0.2) is 0 Å². The van der Waals surface area contributed by atoms with Gasteiger partial charge in [0.15, 0.2) is 0 Å². The second kappa shape index (κ2) is 8.77. The Labute approximate surface area is 101 Å². The third-order valence-electron chi connectivity index (χ3n) is 3.48. The van der Waals surface area contributed by atoms with Gasteiger partial charge in [0.1, 0.15) is 0 Å². The Kier molecular flexibility index (Phi) is 7.52. The highest BCUT2D eigenvalue weighted by molar-refractivity contribution is 4.74. The van der Waals surface area contributed by atoms with Crippen LogP contribution in [0.1, 0.15) is 38.5 Å². The van der Waals surface area contributed by atoms with Crippen molar-refractivity contribution < 1.29 is 0 Å². The van der Waals surface area contributed by atoms with Gasteiger partial charge in [-0.3, -0.25) is 0 Å². The van der Waals surface area contributed by atoms with Crippen molar-refractivity contribution >= 4 is 0 Å². The number of nitrogens with one attached hydrogen (secondary N) is 1. The number of likely N-dealkylation sites (tertiary alicyclic amines) is 1. The highest BCUT2D eigenvalue weighted by Crippen LogP contribution is 2.16. The predicted octanol–water partition coefficient (Wildman–Crippen LogP) is 2.66. The van der Waals surface area contributed by atoms with Gasteiger partial charge in [-0.05, 0) is 64.7 Å². The van der Waals surface area contributed by atoms with E-state index in [2.05, 4.69) is 23.8 Å². The summed E-state index contributed by atoms with van der Waals surface area (Å²) in [6, 6.07) is 0.